The van der Waals surface area contributed by atoms with E-state index in [1.54, 1.807) is 11.8 Å². The third-order valence-corrected chi connectivity index (χ3v) is 5.90. The van der Waals surface area contributed by atoms with Crippen LogP contribution in [0.2, 0.25) is 5.15 Å². The van der Waals surface area contributed by atoms with Gasteiger partial charge >= 0.3 is 0 Å². The lowest BCUT2D eigenvalue weighted by Crippen LogP contribution is -1.96. The van der Waals surface area contributed by atoms with E-state index in [1.807, 2.05) is 11.6 Å². The smallest absolute Gasteiger partial charge is 0.191 e. The van der Waals surface area contributed by atoms with Gasteiger partial charge in [-0.3, -0.25) is 0 Å². The van der Waals surface area contributed by atoms with Crippen LogP contribution in [-0.2, 0) is 12.8 Å². The summed E-state index contributed by atoms with van der Waals surface area (Å²) in [5.41, 5.74) is 5.38. The quantitative estimate of drug-likeness (QED) is 0.334. The lowest BCUT2D eigenvalue weighted by atomic mass is 10.1. The number of thioether (sulfide) groups is 1. The fraction of sp³-hybridized carbons (Fsp3) is 0.190. The van der Waals surface area contributed by atoms with Crippen LogP contribution in [0.3, 0.4) is 0 Å². The molecule has 0 atom stereocenters. The summed E-state index contributed by atoms with van der Waals surface area (Å²) < 4.78 is 2.01. The molecule has 136 valence electrons. The zero-order chi connectivity index (χ0) is 19.0. The van der Waals surface area contributed by atoms with Crippen molar-refractivity contribution < 1.29 is 0 Å². The van der Waals surface area contributed by atoms with Crippen LogP contribution in [0.25, 0.3) is 22.3 Å². The molecule has 4 aromatic rings. The second kappa shape index (κ2) is 7.33. The van der Waals surface area contributed by atoms with Crippen molar-refractivity contribution >= 4 is 34.3 Å². The van der Waals surface area contributed by atoms with Crippen molar-refractivity contribution in [3.05, 3.63) is 70.4 Å². The number of aromatic nitrogens is 4. The molecule has 4 nitrogen and oxygen atoms in total. The molecule has 2 aromatic carbocycles. The molecule has 0 N–H and O–H groups in total. The van der Waals surface area contributed by atoms with Crippen LogP contribution in [0.5, 0.6) is 0 Å². The highest BCUT2D eigenvalue weighted by Gasteiger charge is 2.13. The van der Waals surface area contributed by atoms with Crippen molar-refractivity contribution in [2.75, 3.05) is 0 Å². The molecule has 6 heteroatoms. The van der Waals surface area contributed by atoms with Gasteiger partial charge in [0.1, 0.15) is 5.15 Å². The SMILES string of the molecule is Cc1ccc(-c2nnc(SCc3cc4ccc(C)cc4nc3Cl)n2C)cc1. The molecule has 0 bridgehead atoms. The monoisotopic (exact) mass is 394 g/mol. The van der Waals surface area contributed by atoms with Crippen LogP contribution in [0.1, 0.15) is 16.7 Å². The van der Waals surface area contributed by atoms with Gasteiger partial charge in [-0.15, -0.1) is 10.2 Å². The van der Waals surface area contributed by atoms with Gasteiger partial charge in [-0.1, -0.05) is 65.3 Å². The van der Waals surface area contributed by atoms with E-state index in [0.29, 0.717) is 10.9 Å². The highest BCUT2D eigenvalue weighted by atomic mass is 35.5. The molecular formula is C21H19ClN4S. The molecule has 0 radical (unpaired) electrons. The van der Waals surface area contributed by atoms with E-state index in [4.69, 9.17) is 11.6 Å². The fourth-order valence-electron chi connectivity index (χ4n) is 2.94. The summed E-state index contributed by atoms with van der Waals surface area (Å²) >= 11 is 8.02. The molecule has 0 saturated carbocycles. The molecule has 0 unspecified atom stereocenters. The summed E-state index contributed by atoms with van der Waals surface area (Å²) in [7, 11) is 1.99. The fourth-order valence-corrected chi connectivity index (χ4v) is 4.11. The predicted octanol–water partition coefficient (Wildman–Crippen LogP) is 5.59. The normalized spacial score (nSPS) is 11.3. The summed E-state index contributed by atoms with van der Waals surface area (Å²) in [5, 5.41) is 11.2. The summed E-state index contributed by atoms with van der Waals surface area (Å²) in [4.78, 5) is 4.54. The van der Waals surface area contributed by atoms with Gasteiger partial charge in [0.05, 0.1) is 5.52 Å². The summed E-state index contributed by atoms with van der Waals surface area (Å²) in [6.45, 7) is 4.13. The summed E-state index contributed by atoms with van der Waals surface area (Å²) in [6, 6.07) is 16.6. The number of fused-ring (bicyclic) bond motifs is 1. The molecule has 2 heterocycles. The third kappa shape index (κ3) is 3.70. The Morgan fingerprint density at radius 1 is 0.963 bits per heavy atom. The second-order valence-corrected chi connectivity index (χ2v) is 7.95. The average Bonchev–Trinajstić information content (AvgIpc) is 3.01. The van der Waals surface area contributed by atoms with Crippen molar-refractivity contribution in [3.8, 4) is 11.4 Å². The van der Waals surface area contributed by atoms with E-state index in [1.165, 1.54) is 11.1 Å². The zero-order valence-electron chi connectivity index (χ0n) is 15.4. The first-order valence-electron chi connectivity index (χ1n) is 8.66. The van der Waals surface area contributed by atoms with Crippen LogP contribution in [0.15, 0.2) is 53.7 Å². The third-order valence-electron chi connectivity index (χ3n) is 4.50. The number of nitrogens with zero attached hydrogens (tertiary/aromatic N) is 4. The van der Waals surface area contributed by atoms with Crippen molar-refractivity contribution in [1.82, 2.24) is 19.7 Å². The highest BCUT2D eigenvalue weighted by Crippen LogP contribution is 2.29. The zero-order valence-corrected chi connectivity index (χ0v) is 17.0. The van der Waals surface area contributed by atoms with Gasteiger partial charge in [0.25, 0.3) is 0 Å². The first-order valence-corrected chi connectivity index (χ1v) is 10.0. The first kappa shape index (κ1) is 18.0. The van der Waals surface area contributed by atoms with Crippen molar-refractivity contribution in [2.24, 2.45) is 7.05 Å². The van der Waals surface area contributed by atoms with Crippen LogP contribution >= 0.6 is 23.4 Å². The van der Waals surface area contributed by atoms with Gasteiger partial charge in [-0.25, -0.2) is 4.98 Å². The molecule has 0 fully saturated rings. The van der Waals surface area contributed by atoms with E-state index >= 15 is 0 Å². The Hall–Kier alpha value is -2.37. The highest BCUT2D eigenvalue weighted by molar-refractivity contribution is 7.98. The van der Waals surface area contributed by atoms with E-state index < -0.39 is 0 Å². The molecule has 0 aliphatic heterocycles. The molecule has 0 spiro atoms. The molecule has 0 amide bonds. The second-order valence-electron chi connectivity index (χ2n) is 6.65. The topological polar surface area (TPSA) is 43.6 Å². The first-order chi connectivity index (χ1) is 13.0. The maximum atomic E-state index is 6.41. The Labute approximate surface area is 167 Å². The van der Waals surface area contributed by atoms with Crippen LogP contribution in [0.4, 0.5) is 0 Å². The Morgan fingerprint density at radius 3 is 2.48 bits per heavy atom. The van der Waals surface area contributed by atoms with E-state index in [2.05, 4.69) is 77.6 Å². The van der Waals surface area contributed by atoms with E-state index in [0.717, 1.165) is 33.0 Å². The standard InChI is InChI=1S/C21H19ClN4S/c1-13-4-7-15(8-5-13)20-24-25-21(26(20)3)27-12-17-11-16-9-6-14(2)10-18(16)23-19(17)22/h4-11H,12H2,1-3H3. The van der Waals surface area contributed by atoms with Gasteiger partial charge in [-0.05, 0) is 31.5 Å². The van der Waals surface area contributed by atoms with Gasteiger partial charge in [0.15, 0.2) is 11.0 Å². The van der Waals surface area contributed by atoms with Crippen molar-refractivity contribution in [1.29, 1.82) is 0 Å². The summed E-state index contributed by atoms with van der Waals surface area (Å²) in [5.74, 6) is 1.55. The maximum Gasteiger partial charge on any atom is 0.191 e. The molecule has 0 aliphatic rings. The number of aryl methyl sites for hydroxylation is 2. The van der Waals surface area contributed by atoms with Gasteiger partial charge < -0.3 is 4.57 Å². The Bertz CT molecular complexity index is 1120. The number of pyridine rings is 1. The Kier molecular flexibility index (Phi) is 4.89. The average molecular weight is 395 g/mol. The summed E-state index contributed by atoms with van der Waals surface area (Å²) in [6.07, 6.45) is 0. The molecule has 0 aliphatic carbocycles. The van der Waals surface area contributed by atoms with Gasteiger partial charge in [0, 0.05) is 29.3 Å². The lowest BCUT2D eigenvalue weighted by Gasteiger charge is -2.07. The molecule has 2 aromatic heterocycles. The lowest BCUT2D eigenvalue weighted by molar-refractivity contribution is 0.794. The Morgan fingerprint density at radius 2 is 1.70 bits per heavy atom. The largest absolute Gasteiger partial charge is 0.305 e. The van der Waals surface area contributed by atoms with Crippen molar-refractivity contribution in [3.63, 3.8) is 0 Å². The molecular weight excluding hydrogens is 376 g/mol. The number of halogens is 1. The maximum absolute atomic E-state index is 6.41. The number of rotatable bonds is 4. The van der Waals surface area contributed by atoms with Gasteiger partial charge in [-0.2, -0.15) is 0 Å². The van der Waals surface area contributed by atoms with Crippen molar-refractivity contribution in [2.45, 2.75) is 24.8 Å². The van der Waals surface area contributed by atoms with Gasteiger partial charge in [0.2, 0.25) is 0 Å². The van der Waals surface area contributed by atoms with E-state index in [-0.39, 0.29) is 0 Å². The predicted molar refractivity (Wildman–Crippen MR) is 112 cm³/mol. The Balaban J connectivity index is 1.57. The number of hydrogen-bond acceptors (Lipinski definition) is 4. The van der Waals surface area contributed by atoms with Crippen LogP contribution < -0.4 is 0 Å². The molecule has 0 saturated heterocycles. The minimum Gasteiger partial charge on any atom is -0.305 e. The number of benzene rings is 2. The minimum absolute atomic E-state index is 0.543. The van der Waals surface area contributed by atoms with E-state index in [9.17, 15) is 0 Å². The molecule has 4 rings (SSSR count). The minimum atomic E-state index is 0.543. The molecule has 27 heavy (non-hydrogen) atoms. The van der Waals surface area contributed by atoms with Crippen LogP contribution in [0, 0.1) is 13.8 Å². The number of hydrogen-bond donors (Lipinski definition) is 0. The van der Waals surface area contributed by atoms with Crippen LogP contribution in [-0.4, -0.2) is 19.7 Å².